The van der Waals surface area contributed by atoms with Crippen LogP contribution < -0.4 is 11.1 Å². The largest absolute Gasteiger partial charge is 0.356 e. The van der Waals surface area contributed by atoms with Crippen LogP contribution in [0.4, 0.5) is 0 Å². The molecule has 0 aromatic rings. The number of carbonyl (C=O) groups is 1. The van der Waals surface area contributed by atoms with Crippen molar-refractivity contribution in [2.24, 2.45) is 5.73 Å². The molecule has 0 aromatic carbocycles. The number of rotatable bonds is 6. The van der Waals surface area contributed by atoms with Gasteiger partial charge in [-0.15, -0.1) is 24.8 Å². The Kier molecular flexibility index (Phi) is 20.9. The van der Waals surface area contributed by atoms with Gasteiger partial charge in [0.05, 0.1) is 0 Å². The highest BCUT2D eigenvalue weighted by molar-refractivity contribution is 5.85. The molecule has 13 heavy (non-hydrogen) atoms. The predicted molar refractivity (Wildman–Crippen MR) is 60.7 cm³/mol. The Morgan fingerprint density at radius 2 is 1.92 bits per heavy atom. The summed E-state index contributed by atoms with van der Waals surface area (Å²) in [5.74, 6) is 0.157. The van der Waals surface area contributed by atoms with Gasteiger partial charge in [0.15, 0.2) is 0 Å². The molecule has 0 spiro atoms. The van der Waals surface area contributed by atoms with Crippen LogP contribution in [0.25, 0.3) is 0 Å². The van der Waals surface area contributed by atoms with Crippen LogP contribution in [0.15, 0.2) is 0 Å². The second kappa shape index (κ2) is 14.5. The summed E-state index contributed by atoms with van der Waals surface area (Å²) in [6.07, 6.45) is 3.55. The van der Waals surface area contributed by atoms with Gasteiger partial charge in [-0.25, -0.2) is 0 Å². The molecule has 0 saturated carbocycles. The fourth-order valence-corrected chi connectivity index (χ4v) is 0.813. The topological polar surface area (TPSA) is 55.1 Å². The van der Waals surface area contributed by atoms with Gasteiger partial charge >= 0.3 is 0 Å². The summed E-state index contributed by atoms with van der Waals surface area (Å²) in [5.41, 5.74) is 5.29. The molecule has 0 aliphatic heterocycles. The Bertz CT molecular complexity index is 112. The zero-order valence-corrected chi connectivity index (χ0v) is 9.68. The maximum absolute atomic E-state index is 10.9. The van der Waals surface area contributed by atoms with Crippen molar-refractivity contribution in [3.05, 3.63) is 0 Å². The van der Waals surface area contributed by atoms with Gasteiger partial charge in [0.25, 0.3) is 0 Å². The number of nitrogens with one attached hydrogen (secondary N) is 1. The normalized spacial score (nSPS) is 8.15. The minimum absolute atomic E-state index is 0. The number of carbonyl (C=O) groups excluding carboxylic acids is 1. The van der Waals surface area contributed by atoms with Gasteiger partial charge in [0, 0.05) is 13.0 Å². The Balaban J connectivity index is -0.000000500. The molecule has 82 valence electrons. The fourth-order valence-electron chi connectivity index (χ4n) is 0.813. The van der Waals surface area contributed by atoms with Gasteiger partial charge in [-0.2, -0.15) is 0 Å². The monoisotopic (exact) mass is 230 g/mol. The number of amides is 1. The lowest BCUT2D eigenvalue weighted by atomic mass is 10.3. The molecule has 0 aliphatic rings. The predicted octanol–water partition coefficient (Wildman–Crippen LogP) is 1.49. The maximum Gasteiger partial charge on any atom is 0.219 e. The van der Waals surface area contributed by atoms with E-state index in [1.165, 1.54) is 0 Å². The van der Waals surface area contributed by atoms with Crippen LogP contribution in [0.2, 0.25) is 0 Å². The van der Waals surface area contributed by atoms with E-state index in [1.807, 2.05) is 6.92 Å². The van der Waals surface area contributed by atoms with Gasteiger partial charge in [0.2, 0.25) is 5.91 Å². The molecule has 0 bridgehead atoms. The zero-order chi connectivity index (χ0) is 8.53. The lowest BCUT2D eigenvalue weighted by Crippen LogP contribution is -2.24. The lowest BCUT2D eigenvalue weighted by molar-refractivity contribution is -0.121. The third-order valence-electron chi connectivity index (χ3n) is 1.43. The van der Waals surface area contributed by atoms with Crippen molar-refractivity contribution in [3.8, 4) is 0 Å². The first-order valence-corrected chi connectivity index (χ1v) is 4.28. The van der Waals surface area contributed by atoms with Gasteiger partial charge in [-0.05, 0) is 25.8 Å². The molecule has 5 heteroatoms. The summed E-state index contributed by atoms with van der Waals surface area (Å²) in [6.45, 7) is 3.49. The number of hydrogen-bond donors (Lipinski definition) is 2. The third kappa shape index (κ3) is 14.8. The average Bonchev–Trinajstić information content (AvgIpc) is 1.99. The van der Waals surface area contributed by atoms with E-state index in [-0.39, 0.29) is 30.7 Å². The van der Waals surface area contributed by atoms with Crippen molar-refractivity contribution < 1.29 is 4.79 Å². The van der Waals surface area contributed by atoms with Crippen molar-refractivity contribution in [1.29, 1.82) is 0 Å². The van der Waals surface area contributed by atoms with E-state index in [4.69, 9.17) is 5.73 Å². The summed E-state index contributed by atoms with van der Waals surface area (Å²) in [6, 6.07) is 0. The molecule has 3 N–H and O–H groups in total. The SMILES string of the molecule is CCCC(=O)NCCCCN.Cl.Cl. The van der Waals surface area contributed by atoms with Gasteiger partial charge in [0.1, 0.15) is 0 Å². The maximum atomic E-state index is 10.9. The van der Waals surface area contributed by atoms with E-state index < -0.39 is 0 Å². The summed E-state index contributed by atoms with van der Waals surface area (Å²) < 4.78 is 0. The smallest absolute Gasteiger partial charge is 0.219 e. The molecular weight excluding hydrogens is 211 g/mol. The zero-order valence-electron chi connectivity index (χ0n) is 8.04. The molecule has 3 nitrogen and oxygen atoms in total. The van der Waals surface area contributed by atoms with Crippen LogP contribution in [0.3, 0.4) is 0 Å². The Morgan fingerprint density at radius 1 is 1.31 bits per heavy atom. The van der Waals surface area contributed by atoms with Gasteiger partial charge < -0.3 is 11.1 Å². The van der Waals surface area contributed by atoms with E-state index >= 15 is 0 Å². The molecule has 0 saturated heterocycles. The van der Waals surface area contributed by atoms with Crippen molar-refractivity contribution >= 4 is 30.7 Å². The van der Waals surface area contributed by atoms with Crippen molar-refractivity contribution in [3.63, 3.8) is 0 Å². The highest BCUT2D eigenvalue weighted by Gasteiger charge is 1.95. The van der Waals surface area contributed by atoms with Crippen LogP contribution in [0.5, 0.6) is 0 Å². The van der Waals surface area contributed by atoms with Gasteiger partial charge in [-0.1, -0.05) is 6.92 Å². The standard InChI is InChI=1S/C8H18N2O.2ClH/c1-2-5-8(11)10-7-4-3-6-9;;/h2-7,9H2,1H3,(H,10,11);2*1H. The summed E-state index contributed by atoms with van der Waals surface area (Å²) >= 11 is 0. The Hall–Kier alpha value is 0.01000. The minimum atomic E-state index is 0. The third-order valence-corrected chi connectivity index (χ3v) is 1.43. The summed E-state index contributed by atoms with van der Waals surface area (Å²) in [5, 5.41) is 2.82. The molecule has 0 aliphatic carbocycles. The molecule has 0 radical (unpaired) electrons. The highest BCUT2D eigenvalue weighted by atomic mass is 35.5. The Morgan fingerprint density at radius 3 is 2.38 bits per heavy atom. The number of hydrogen-bond acceptors (Lipinski definition) is 2. The fraction of sp³-hybridized carbons (Fsp3) is 0.875. The molecule has 1 amide bonds. The van der Waals surface area contributed by atoms with E-state index in [9.17, 15) is 4.79 Å². The molecule has 0 aromatic heterocycles. The molecule has 0 atom stereocenters. The molecular formula is C8H20Cl2N2O. The van der Waals surface area contributed by atoms with Crippen LogP contribution in [0, 0.1) is 0 Å². The lowest BCUT2D eigenvalue weighted by Gasteiger charge is -2.02. The van der Waals surface area contributed by atoms with Crippen molar-refractivity contribution in [2.75, 3.05) is 13.1 Å². The van der Waals surface area contributed by atoms with E-state index in [0.29, 0.717) is 13.0 Å². The first-order valence-electron chi connectivity index (χ1n) is 4.28. The minimum Gasteiger partial charge on any atom is -0.356 e. The van der Waals surface area contributed by atoms with Crippen molar-refractivity contribution in [2.45, 2.75) is 32.6 Å². The highest BCUT2D eigenvalue weighted by Crippen LogP contribution is 1.87. The van der Waals surface area contributed by atoms with E-state index in [1.54, 1.807) is 0 Å². The number of unbranched alkanes of at least 4 members (excludes halogenated alkanes) is 1. The van der Waals surface area contributed by atoms with Crippen LogP contribution in [0.1, 0.15) is 32.6 Å². The molecule has 0 fully saturated rings. The van der Waals surface area contributed by atoms with Crippen LogP contribution in [-0.4, -0.2) is 19.0 Å². The van der Waals surface area contributed by atoms with Crippen LogP contribution in [-0.2, 0) is 4.79 Å². The molecule has 0 heterocycles. The first kappa shape index (κ1) is 18.7. The van der Waals surface area contributed by atoms with E-state index in [2.05, 4.69) is 5.32 Å². The Labute approximate surface area is 92.7 Å². The number of halogens is 2. The average molecular weight is 231 g/mol. The van der Waals surface area contributed by atoms with Crippen LogP contribution >= 0.6 is 24.8 Å². The summed E-state index contributed by atoms with van der Waals surface area (Å²) in [7, 11) is 0. The number of nitrogens with two attached hydrogens (primary N) is 1. The quantitative estimate of drug-likeness (QED) is 0.680. The van der Waals surface area contributed by atoms with E-state index in [0.717, 1.165) is 25.8 Å². The second-order valence-corrected chi connectivity index (χ2v) is 2.60. The summed E-state index contributed by atoms with van der Waals surface area (Å²) in [4.78, 5) is 10.9. The molecule has 0 rings (SSSR count). The molecule has 0 unspecified atom stereocenters. The van der Waals surface area contributed by atoms with Crippen molar-refractivity contribution in [1.82, 2.24) is 5.32 Å². The second-order valence-electron chi connectivity index (χ2n) is 2.60. The first-order chi connectivity index (χ1) is 5.31. The van der Waals surface area contributed by atoms with Gasteiger partial charge in [-0.3, -0.25) is 4.79 Å².